The van der Waals surface area contributed by atoms with E-state index in [1.807, 2.05) is 4.90 Å². The predicted octanol–water partition coefficient (Wildman–Crippen LogP) is 0.229. The molecule has 2 heterocycles. The van der Waals surface area contributed by atoms with Crippen LogP contribution in [0.25, 0.3) is 0 Å². The van der Waals surface area contributed by atoms with Crippen LogP contribution in [-0.2, 0) is 10.0 Å². The van der Waals surface area contributed by atoms with Gasteiger partial charge in [-0.3, -0.25) is 9.52 Å². The lowest BCUT2D eigenvalue weighted by Gasteiger charge is -2.30. The molecular weight excluding hydrogens is 394 g/mol. The van der Waals surface area contributed by atoms with Crippen molar-refractivity contribution in [2.24, 2.45) is 0 Å². The highest BCUT2D eigenvalue weighted by Crippen LogP contribution is 2.32. The second-order valence-electron chi connectivity index (χ2n) is 7.24. The van der Waals surface area contributed by atoms with Crippen molar-refractivity contribution in [2.75, 3.05) is 51.2 Å². The third-order valence-corrected chi connectivity index (χ3v) is 6.49. The van der Waals surface area contributed by atoms with Gasteiger partial charge >= 0.3 is 0 Å². The molecular formula is C20H24N3O5S+. The summed E-state index contributed by atoms with van der Waals surface area (Å²) in [4.78, 5) is 15.9. The molecule has 29 heavy (non-hydrogen) atoms. The number of piperazine rings is 1. The van der Waals surface area contributed by atoms with E-state index in [2.05, 4.69) is 11.8 Å². The van der Waals surface area contributed by atoms with Gasteiger partial charge in [-0.2, -0.15) is 0 Å². The van der Waals surface area contributed by atoms with Crippen molar-refractivity contribution in [1.82, 2.24) is 4.90 Å². The highest BCUT2D eigenvalue weighted by atomic mass is 32.2. The number of hydrogen-bond donors (Lipinski definition) is 2. The van der Waals surface area contributed by atoms with E-state index in [9.17, 15) is 13.2 Å². The summed E-state index contributed by atoms with van der Waals surface area (Å²) in [6.07, 6.45) is 0. The first-order chi connectivity index (χ1) is 13.9. The number of hydrogen-bond acceptors (Lipinski definition) is 5. The van der Waals surface area contributed by atoms with Gasteiger partial charge < -0.3 is 19.3 Å². The van der Waals surface area contributed by atoms with Gasteiger partial charge in [0.25, 0.3) is 15.9 Å². The Bertz CT molecular complexity index is 999. The van der Waals surface area contributed by atoms with E-state index < -0.39 is 10.0 Å². The zero-order valence-electron chi connectivity index (χ0n) is 16.2. The number of fused-ring (bicyclic) bond motifs is 1. The number of benzene rings is 2. The van der Waals surface area contributed by atoms with Gasteiger partial charge in [-0.25, -0.2) is 8.42 Å². The molecule has 1 amide bonds. The largest absolute Gasteiger partial charge is 0.486 e. The third kappa shape index (κ3) is 4.30. The summed E-state index contributed by atoms with van der Waals surface area (Å²) in [7, 11) is -1.67. The van der Waals surface area contributed by atoms with Crippen molar-refractivity contribution in [2.45, 2.75) is 4.90 Å². The first-order valence-corrected chi connectivity index (χ1v) is 11.0. The molecule has 0 radical (unpaired) electrons. The second-order valence-corrected chi connectivity index (χ2v) is 8.92. The number of anilines is 1. The number of nitrogens with zero attached hydrogens (tertiary/aromatic N) is 1. The van der Waals surface area contributed by atoms with Crippen LogP contribution >= 0.6 is 0 Å². The monoisotopic (exact) mass is 418 g/mol. The maximum absolute atomic E-state index is 12.7. The predicted molar refractivity (Wildman–Crippen MR) is 107 cm³/mol. The molecule has 2 aliphatic rings. The lowest BCUT2D eigenvalue weighted by atomic mass is 10.1. The van der Waals surface area contributed by atoms with Gasteiger partial charge in [-0.1, -0.05) is 0 Å². The summed E-state index contributed by atoms with van der Waals surface area (Å²) in [5.41, 5.74) is 0.936. The Morgan fingerprint density at radius 1 is 1.00 bits per heavy atom. The Hall–Kier alpha value is -2.78. The Labute approximate surface area is 170 Å². The fourth-order valence-corrected chi connectivity index (χ4v) is 4.43. The van der Waals surface area contributed by atoms with Crippen molar-refractivity contribution in [3.05, 3.63) is 48.0 Å². The average Bonchev–Trinajstić information content (AvgIpc) is 2.74. The van der Waals surface area contributed by atoms with E-state index in [0.717, 1.165) is 26.2 Å². The van der Waals surface area contributed by atoms with E-state index in [-0.39, 0.29) is 10.8 Å². The SMILES string of the molecule is C[NH+]1CCN(C(=O)c2ccc(NS(=O)(=O)c3ccc4c(c3)OCCO4)cc2)CC1. The minimum Gasteiger partial charge on any atom is -0.486 e. The van der Waals surface area contributed by atoms with Crippen LogP contribution in [0.4, 0.5) is 5.69 Å². The molecule has 154 valence electrons. The molecule has 1 saturated heterocycles. The van der Waals surface area contributed by atoms with Crippen LogP contribution in [0.3, 0.4) is 0 Å². The number of quaternary nitrogens is 1. The number of carbonyl (C=O) groups is 1. The summed E-state index contributed by atoms with van der Waals surface area (Å²) in [6.45, 7) is 4.14. The third-order valence-electron chi connectivity index (χ3n) is 5.11. The molecule has 2 aromatic carbocycles. The van der Waals surface area contributed by atoms with Crippen molar-refractivity contribution >= 4 is 21.6 Å². The van der Waals surface area contributed by atoms with Gasteiger partial charge in [-0.15, -0.1) is 0 Å². The second kappa shape index (κ2) is 7.92. The maximum Gasteiger partial charge on any atom is 0.262 e. The fourth-order valence-electron chi connectivity index (χ4n) is 3.36. The fraction of sp³-hybridized carbons (Fsp3) is 0.350. The maximum atomic E-state index is 12.7. The van der Waals surface area contributed by atoms with Crippen LogP contribution in [0.15, 0.2) is 47.4 Å². The molecule has 0 spiro atoms. The minimum absolute atomic E-state index is 0.0289. The molecule has 0 atom stereocenters. The van der Waals surface area contributed by atoms with Gasteiger partial charge in [0, 0.05) is 17.3 Å². The van der Waals surface area contributed by atoms with Crippen LogP contribution in [-0.4, -0.2) is 65.7 Å². The first-order valence-electron chi connectivity index (χ1n) is 9.55. The van der Waals surface area contributed by atoms with E-state index in [0.29, 0.717) is 36.0 Å². The van der Waals surface area contributed by atoms with Gasteiger partial charge in [0.1, 0.15) is 13.2 Å². The number of amides is 1. The number of carbonyl (C=O) groups excluding carboxylic acids is 1. The molecule has 0 unspecified atom stereocenters. The molecule has 0 aliphatic carbocycles. The van der Waals surface area contributed by atoms with Crippen LogP contribution in [0.2, 0.25) is 0 Å². The van der Waals surface area contributed by atoms with Gasteiger partial charge in [0.2, 0.25) is 0 Å². The first kappa shape index (κ1) is 19.5. The van der Waals surface area contributed by atoms with E-state index in [1.165, 1.54) is 17.0 Å². The Balaban J connectivity index is 1.46. The smallest absolute Gasteiger partial charge is 0.262 e. The number of ether oxygens (including phenoxy) is 2. The summed E-state index contributed by atoms with van der Waals surface area (Å²) in [5, 5.41) is 0. The lowest BCUT2D eigenvalue weighted by Crippen LogP contribution is -3.12. The van der Waals surface area contributed by atoms with Gasteiger partial charge in [0.05, 0.1) is 38.1 Å². The molecule has 9 heteroatoms. The van der Waals surface area contributed by atoms with E-state index >= 15 is 0 Å². The van der Waals surface area contributed by atoms with Crippen LogP contribution in [0.5, 0.6) is 11.5 Å². The Morgan fingerprint density at radius 2 is 1.66 bits per heavy atom. The Kier molecular flexibility index (Phi) is 5.33. The van der Waals surface area contributed by atoms with E-state index in [1.54, 1.807) is 30.3 Å². The minimum atomic E-state index is -3.79. The molecule has 4 rings (SSSR count). The van der Waals surface area contributed by atoms with Crippen LogP contribution in [0, 0.1) is 0 Å². The normalized spacial score (nSPS) is 17.1. The molecule has 1 fully saturated rings. The summed E-state index contributed by atoms with van der Waals surface area (Å²) in [5.74, 6) is 0.913. The highest BCUT2D eigenvalue weighted by molar-refractivity contribution is 7.92. The summed E-state index contributed by atoms with van der Waals surface area (Å²) in [6, 6.07) is 11.0. The van der Waals surface area contributed by atoms with Crippen molar-refractivity contribution in [1.29, 1.82) is 0 Å². The van der Waals surface area contributed by atoms with Gasteiger partial charge in [0.15, 0.2) is 11.5 Å². The molecule has 0 bridgehead atoms. The zero-order valence-corrected chi connectivity index (χ0v) is 17.0. The summed E-state index contributed by atoms with van der Waals surface area (Å²) >= 11 is 0. The van der Waals surface area contributed by atoms with Crippen LogP contribution in [0.1, 0.15) is 10.4 Å². The molecule has 0 saturated carbocycles. The highest BCUT2D eigenvalue weighted by Gasteiger charge is 2.23. The van der Waals surface area contributed by atoms with Crippen LogP contribution < -0.4 is 19.1 Å². The number of nitrogens with one attached hydrogen (secondary N) is 2. The number of rotatable bonds is 4. The van der Waals surface area contributed by atoms with Gasteiger partial charge in [-0.05, 0) is 36.4 Å². The molecule has 2 aliphatic heterocycles. The van der Waals surface area contributed by atoms with Crippen molar-refractivity contribution in [3.63, 3.8) is 0 Å². The summed E-state index contributed by atoms with van der Waals surface area (Å²) < 4.78 is 38.8. The lowest BCUT2D eigenvalue weighted by molar-refractivity contribution is -0.883. The number of sulfonamides is 1. The molecule has 8 nitrogen and oxygen atoms in total. The number of likely N-dealkylation sites (N-methyl/N-ethyl adjacent to an activating group) is 1. The van der Waals surface area contributed by atoms with Crippen molar-refractivity contribution < 1.29 is 27.6 Å². The standard InChI is InChI=1S/C20H23N3O5S/c1-22-8-10-23(11-9-22)20(24)15-2-4-16(5-3-15)21-29(25,26)17-6-7-18-19(14-17)28-13-12-27-18/h2-7,14,21H,8-13H2,1H3/p+1. The zero-order chi connectivity index (χ0) is 20.4. The Morgan fingerprint density at radius 3 is 2.34 bits per heavy atom. The molecule has 2 aromatic rings. The van der Waals surface area contributed by atoms with E-state index in [4.69, 9.17) is 9.47 Å². The topological polar surface area (TPSA) is 89.4 Å². The molecule has 0 aromatic heterocycles. The van der Waals surface area contributed by atoms with Crippen molar-refractivity contribution in [3.8, 4) is 11.5 Å². The average molecular weight is 418 g/mol. The molecule has 2 N–H and O–H groups in total. The quantitative estimate of drug-likeness (QED) is 0.742.